The summed E-state index contributed by atoms with van der Waals surface area (Å²) in [4.78, 5) is 33.1. The van der Waals surface area contributed by atoms with Crippen molar-refractivity contribution < 1.29 is 19.1 Å². The molecule has 31 heavy (non-hydrogen) atoms. The second-order valence-electron chi connectivity index (χ2n) is 7.70. The lowest BCUT2D eigenvalue weighted by atomic mass is 9.88. The molecule has 1 amide bonds. The van der Waals surface area contributed by atoms with E-state index in [1.54, 1.807) is 18.9 Å². The molecule has 7 nitrogen and oxygen atoms in total. The summed E-state index contributed by atoms with van der Waals surface area (Å²) in [6.07, 6.45) is 0.635. The van der Waals surface area contributed by atoms with Crippen LogP contribution in [0.25, 0.3) is 11.0 Å². The molecule has 7 heteroatoms. The first kappa shape index (κ1) is 21.1. The number of esters is 1. The number of carbonyl (C=O) groups excluding carboxylic acids is 2. The highest BCUT2D eigenvalue weighted by molar-refractivity contribution is 6.08. The number of hydrogen-bond acceptors (Lipinski definition) is 5. The zero-order valence-electron chi connectivity index (χ0n) is 18.1. The second kappa shape index (κ2) is 8.89. The van der Waals surface area contributed by atoms with E-state index in [2.05, 4.69) is 0 Å². The van der Waals surface area contributed by atoms with Crippen molar-refractivity contribution in [2.24, 2.45) is 5.92 Å². The molecule has 0 saturated heterocycles. The lowest BCUT2D eigenvalue weighted by Gasteiger charge is -2.38. The molecule has 2 atom stereocenters. The maximum Gasteiger partial charge on any atom is 0.321 e. The number of hydrogen-bond donors (Lipinski definition) is 0. The van der Waals surface area contributed by atoms with Gasteiger partial charge in [0.1, 0.15) is 0 Å². The van der Waals surface area contributed by atoms with Gasteiger partial charge in [0.25, 0.3) is 0 Å². The number of amides is 1. The van der Waals surface area contributed by atoms with Gasteiger partial charge in [-0.15, -0.1) is 0 Å². The van der Waals surface area contributed by atoms with Gasteiger partial charge in [-0.2, -0.15) is 0 Å². The Morgan fingerprint density at radius 2 is 1.97 bits per heavy atom. The van der Waals surface area contributed by atoms with E-state index in [0.29, 0.717) is 25.5 Å². The molecule has 0 spiro atoms. The molecular formula is C24H27N3O4. The Labute approximate surface area is 181 Å². The zero-order chi connectivity index (χ0) is 22.0. The van der Waals surface area contributed by atoms with Crippen LogP contribution in [-0.2, 0) is 19.1 Å². The number of nitrogens with zero attached hydrogens (tertiary/aromatic N) is 3. The third-order valence-corrected chi connectivity index (χ3v) is 5.60. The SMILES string of the molecule is CCOC(=O)[C@@H]1C(=O)N(CCCOC)c2nc3ccccc3n2[C@@H]1c1cccc(C)c1. The average Bonchev–Trinajstić information content (AvgIpc) is 3.14. The van der Waals surface area contributed by atoms with E-state index in [1.165, 1.54) is 0 Å². The van der Waals surface area contributed by atoms with Crippen molar-refractivity contribution in [1.82, 2.24) is 9.55 Å². The molecule has 1 aromatic heterocycles. The van der Waals surface area contributed by atoms with Gasteiger partial charge in [0, 0.05) is 20.3 Å². The monoisotopic (exact) mass is 421 g/mol. The fraction of sp³-hybridized carbons (Fsp3) is 0.375. The largest absolute Gasteiger partial charge is 0.465 e. The lowest BCUT2D eigenvalue weighted by molar-refractivity contribution is -0.153. The van der Waals surface area contributed by atoms with Gasteiger partial charge in [0.2, 0.25) is 11.9 Å². The predicted molar refractivity (Wildman–Crippen MR) is 118 cm³/mol. The quantitative estimate of drug-likeness (QED) is 0.332. The fourth-order valence-electron chi connectivity index (χ4n) is 4.28. The van der Waals surface area contributed by atoms with Crippen LogP contribution in [0.1, 0.15) is 30.5 Å². The summed E-state index contributed by atoms with van der Waals surface area (Å²) in [7, 11) is 1.63. The van der Waals surface area contributed by atoms with Gasteiger partial charge >= 0.3 is 5.97 Å². The third-order valence-electron chi connectivity index (χ3n) is 5.60. The van der Waals surface area contributed by atoms with Gasteiger partial charge in [0.05, 0.1) is 23.7 Å². The van der Waals surface area contributed by atoms with Gasteiger partial charge in [-0.3, -0.25) is 14.5 Å². The smallest absolute Gasteiger partial charge is 0.321 e. The summed E-state index contributed by atoms with van der Waals surface area (Å²) in [6.45, 7) is 4.88. The van der Waals surface area contributed by atoms with Crippen LogP contribution in [0.5, 0.6) is 0 Å². The van der Waals surface area contributed by atoms with Crippen LogP contribution in [0.4, 0.5) is 5.95 Å². The topological polar surface area (TPSA) is 73.7 Å². The Morgan fingerprint density at radius 1 is 1.16 bits per heavy atom. The lowest BCUT2D eigenvalue weighted by Crippen LogP contribution is -2.50. The summed E-state index contributed by atoms with van der Waals surface area (Å²) in [5.74, 6) is -1.24. The van der Waals surface area contributed by atoms with E-state index in [9.17, 15) is 9.59 Å². The number of benzene rings is 2. The maximum atomic E-state index is 13.7. The number of aryl methyl sites for hydroxylation is 1. The summed E-state index contributed by atoms with van der Waals surface area (Å²) in [5.41, 5.74) is 3.60. The number of para-hydroxylation sites is 2. The van der Waals surface area contributed by atoms with Gasteiger partial charge in [-0.05, 0) is 38.0 Å². The van der Waals surface area contributed by atoms with Crippen molar-refractivity contribution in [2.45, 2.75) is 26.3 Å². The molecule has 4 rings (SSSR count). The first-order valence-corrected chi connectivity index (χ1v) is 10.6. The van der Waals surface area contributed by atoms with Crippen LogP contribution in [0.2, 0.25) is 0 Å². The summed E-state index contributed by atoms with van der Waals surface area (Å²) < 4.78 is 12.6. The van der Waals surface area contributed by atoms with Crippen LogP contribution in [-0.4, -0.2) is 48.3 Å². The molecule has 0 unspecified atom stereocenters. The minimum Gasteiger partial charge on any atom is -0.465 e. The number of carbonyl (C=O) groups is 2. The van der Waals surface area contributed by atoms with Gasteiger partial charge in [0.15, 0.2) is 5.92 Å². The summed E-state index contributed by atoms with van der Waals surface area (Å²) in [6, 6.07) is 15.1. The van der Waals surface area contributed by atoms with E-state index < -0.39 is 17.9 Å². The van der Waals surface area contributed by atoms with Crippen LogP contribution in [0, 0.1) is 12.8 Å². The van der Waals surface area contributed by atoms with Crippen molar-refractivity contribution in [3.8, 4) is 0 Å². The third kappa shape index (κ3) is 3.81. The molecule has 2 heterocycles. The fourth-order valence-corrected chi connectivity index (χ4v) is 4.28. The first-order valence-electron chi connectivity index (χ1n) is 10.6. The van der Waals surface area contributed by atoms with Crippen molar-refractivity contribution in [3.63, 3.8) is 0 Å². The number of anilines is 1. The Balaban J connectivity index is 1.94. The minimum absolute atomic E-state index is 0.213. The van der Waals surface area contributed by atoms with Gasteiger partial charge in [-0.25, -0.2) is 4.98 Å². The second-order valence-corrected chi connectivity index (χ2v) is 7.70. The highest BCUT2D eigenvalue weighted by atomic mass is 16.5. The Bertz CT molecular complexity index is 1110. The normalized spacial score (nSPS) is 18.3. The van der Waals surface area contributed by atoms with E-state index in [1.807, 2.05) is 60.0 Å². The molecule has 0 aliphatic carbocycles. The van der Waals surface area contributed by atoms with Crippen molar-refractivity contribution in [1.29, 1.82) is 0 Å². The van der Waals surface area contributed by atoms with Crippen LogP contribution in [0.3, 0.4) is 0 Å². The Hall–Kier alpha value is -3.19. The highest BCUT2D eigenvalue weighted by Crippen LogP contribution is 2.41. The molecule has 2 aromatic carbocycles. The van der Waals surface area contributed by atoms with Crippen molar-refractivity contribution in [3.05, 3.63) is 59.7 Å². The van der Waals surface area contributed by atoms with Crippen LogP contribution in [0.15, 0.2) is 48.5 Å². The van der Waals surface area contributed by atoms with Crippen molar-refractivity contribution >= 4 is 28.9 Å². The standard InChI is InChI=1S/C24H27N3O4/c1-4-31-23(29)20-21(17-10-7-9-16(2)15-17)27-19-12-6-5-11-18(19)25-24(27)26(22(20)28)13-8-14-30-3/h5-7,9-12,15,20-21H,4,8,13-14H2,1-3H3/t20-,21+/m0/s1. The molecule has 0 saturated carbocycles. The van der Waals surface area contributed by atoms with Gasteiger partial charge in [-0.1, -0.05) is 42.0 Å². The number of aromatic nitrogens is 2. The molecule has 0 fully saturated rings. The number of methoxy groups -OCH3 is 1. The molecule has 0 bridgehead atoms. The van der Waals surface area contributed by atoms with E-state index in [0.717, 1.165) is 22.2 Å². The molecule has 162 valence electrons. The maximum absolute atomic E-state index is 13.7. The van der Waals surface area contributed by atoms with E-state index in [-0.39, 0.29) is 12.5 Å². The van der Waals surface area contributed by atoms with E-state index >= 15 is 0 Å². The van der Waals surface area contributed by atoms with Crippen LogP contribution >= 0.6 is 0 Å². The molecule has 1 aliphatic heterocycles. The summed E-state index contributed by atoms with van der Waals surface area (Å²) >= 11 is 0. The predicted octanol–water partition coefficient (Wildman–Crippen LogP) is 3.50. The molecule has 1 aliphatic rings. The zero-order valence-corrected chi connectivity index (χ0v) is 18.1. The molecule has 0 radical (unpaired) electrons. The molecule has 0 N–H and O–H groups in total. The Morgan fingerprint density at radius 3 is 2.71 bits per heavy atom. The molecule has 3 aromatic rings. The average molecular weight is 421 g/mol. The number of rotatable bonds is 7. The number of ether oxygens (including phenoxy) is 2. The van der Waals surface area contributed by atoms with Crippen LogP contribution < -0.4 is 4.90 Å². The minimum atomic E-state index is -0.991. The van der Waals surface area contributed by atoms with E-state index in [4.69, 9.17) is 14.5 Å². The number of imidazole rings is 1. The first-order chi connectivity index (χ1) is 15.1. The summed E-state index contributed by atoms with van der Waals surface area (Å²) in [5, 5.41) is 0. The Kier molecular flexibility index (Phi) is 6.04. The van der Waals surface area contributed by atoms with Crippen molar-refractivity contribution in [2.75, 3.05) is 31.8 Å². The van der Waals surface area contributed by atoms with Gasteiger partial charge < -0.3 is 14.0 Å². The number of fused-ring (bicyclic) bond motifs is 3. The molecular weight excluding hydrogens is 394 g/mol. The highest BCUT2D eigenvalue weighted by Gasteiger charge is 2.47.